The summed E-state index contributed by atoms with van der Waals surface area (Å²) in [5.74, 6) is 0. The monoisotopic (exact) mass is 154 g/mol. The molecule has 1 rings (SSSR count). The fourth-order valence-corrected chi connectivity index (χ4v) is 1.01. The van der Waals surface area contributed by atoms with Crippen LogP contribution in [0.15, 0.2) is 18.3 Å². The van der Waals surface area contributed by atoms with Crippen LogP contribution in [0.3, 0.4) is 0 Å². The number of aromatic nitrogens is 1. The zero-order chi connectivity index (χ0) is 8.10. The predicted octanol–water partition coefficient (Wildman–Crippen LogP) is 0.439. The van der Waals surface area contributed by atoms with Gasteiger partial charge in [0.1, 0.15) is 0 Å². The molecule has 62 valence electrons. The minimum absolute atomic E-state index is 0.219. The highest BCUT2D eigenvalue weighted by molar-refractivity contribution is 5.02. The number of H-pyrrole nitrogens is 1. The molecule has 1 aromatic rings. The summed E-state index contributed by atoms with van der Waals surface area (Å²) < 4.78 is 0. The quantitative estimate of drug-likeness (QED) is 0.660. The SMILES string of the molecule is CN(CCO)Cc1ccc[nH]1. The lowest BCUT2D eigenvalue weighted by Gasteiger charge is -2.13. The number of aliphatic hydroxyl groups is 1. The Morgan fingerprint density at radius 3 is 3.00 bits per heavy atom. The van der Waals surface area contributed by atoms with Gasteiger partial charge in [0.15, 0.2) is 0 Å². The molecule has 0 aromatic carbocycles. The molecular formula is C8H14N2O. The van der Waals surface area contributed by atoms with Gasteiger partial charge in [0.25, 0.3) is 0 Å². The van der Waals surface area contributed by atoms with Crippen molar-refractivity contribution in [2.75, 3.05) is 20.2 Å². The number of likely N-dealkylation sites (N-methyl/N-ethyl adjacent to an activating group) is 1. The van der Waals surface area contributed by atoms with E-state index in [-0.39, 0.29) is 6.61 Å². The highest BCUT2D eigenvalue weighted by Crippen LogP contribution is 1.97. The van der Waals surface area contributed by atoms with Gasteiger partial charge in [0.05, 0.1) is 6.61 Å². The van der Waals surface area contributed by atoms with E-state index >= 15 is 0 Å². The molecule has 0 bridgehead atoms. The first-order valence-electron chi connectivity index (χ1n) is 3.74. The Balaban J connectivity index is 2.31. The van der Waals surface area contributed by atoms with Crippen LogP contribution in [0.5, 0.6) is 0 Å². The summed E-state index contributed by atoms with van der Waals surface area (Å²) in [4.78, 5) is 5.16. The zero-order valence-electron chi connectivity index (χ0n) is 6.75. The standard InChI is InChI=1S/C8H14N2O/c1-10(5-6-11)7-8-3-2-4-9-8/h2-4,9,11H,5-7H2,1H3. The molecule has 3 nitrogen and oxygen atoms in total. The van der Waals surface area contributed by atoms with Crippen molar-refractivity contribution in [1.29, 1.82) is 0 Å². The zero-order valence-corrected chi connectivity index (χ0v) is 6.75. The Labute approximate surface area is 66.7 Å². The second-order valence-corrected chi connectivity index (χ2v) is 2.66. The summed E-state index contributed by atoms with van der Waals surface area (Å²) in [6, 6.07) is 4.01. The lowest BCUT2D eigenvalue weighted by atomic mass is 10.4. The van der Waals surface area contributed by atoms with E-state index < -0.39 is 0 Å². The lowest BCUT2D eigenvalue weighted by Crippen LogP contribution is -2.21. The molecule has 1 heterocycles. The molecule has 1 aromatic heterocycles. The van der Waals surface area contributed by atoms with Gasteiger partial charge in [-0.3, -0.25) is 4.90 Å². The van der Waals surface area contributed by atoms with Crippen molar-refractivity contribution >= 4 is 0 Å². The van der Waals surface area contributed by atoms with Crippen LogP contribution in [0.1, 0.15) is 5.69 Å². The summed E-state index contributed by atoms with van der Waals surface area (Å²) >= 11 is 0. The largest absolute Gasteiger partial charge is 0.395 e. The molecular weight excluding hydrogens is 140 g/mol. The molecule has 0 amide bonds. The summed E-state index contributed by atoms with van der Waals surface area (Å²) in [7, 11) is 1.98. The molecule has 0 radical (unpaired) electrons. The van der Waals surface area contributed by atoms with Gasteiger partial charge in [-0.05, 0) is 19.2 Å². The first-order valence-corrected chi connectivity index (χ1v) is 3.74. The number of hydrogen-bond donors (Lipinski definition) is 2. The van der Waals surface area contributed by atoms with Gasteiger partial charge in [-0.25, -0.2) is 0 Å². The van der Waals surface area contributed by atoms with E-state index in [4.69, 9.17) is 5.11 Å². The maximum absolute atomic E-state index is 8.61. The van der Waals surface area contributed by atoms with Crippen molar-refractivity contribution in [1.82, 2.24) is 9.88 Å². The van der Waals surface area contributed by atoms with Crippen molar-refractivity contribution in [3.63, 3.8) is 0 Å². The summed E-state index contributed by atoms with van der Waals surface area (Å²) in [6.45, 7) is 1.81. The van der Waals surface area contributed by atoms with Crippen molar-refractivity contribution in [3.05, 3.63) is 24.0 Å². The molecule has 0 aliphatic rings. The van der Waals surface area contributed by atoms with Crippen molar-refractivity contribution in [3.8, 4) is 0 Å². The summed E-state index contributed by atoms with van der Waals surface area (Å²) in [6.07, 6.45) is 1.90. The number of hydrogen-bond acceptors (Lipinski definition) is 2. The van der Waals surface area contributed by atoms with E-state index in [1.807, 2.05) is 25.4 Å². The van der Waals surface area contributed by atoms with Gasteiger partial charge >= 0.3 is 0 Å². The van der Waals surface area contributed by atoms with Gasteiger partial charge in [-0.1, -0.05) is 0 Å². The van der Waals surface area contributed by atoms with Crippen LogP contribution in [0, 0.1) is 0 Å². The first-order chi connectivity index (χ1) is 5.33. The van der Waals surface area contributed by atoms with E-state index in [0.29, 0.717) is 0 Å². The van der Waals surface area contributed by atoms with Crippen LogP contribution in [-0.2, 0) is 6.54 Å². The van der Waals surface area contributed by atoms with Gasteiger partial charge in [-0.2, -0.15) is 0 Å². The number of nitrogens with zero attached hydrogens (tertiary/aromatic N) is 1. The average molecular weight is 154 g/mol. The van der Waals surface area contributed by atoms with E-state index in [1.165, 1.54) is 5.69 Å². The molecule has 0 aliphatic heterocycles. The van der Waals surface area contributed by atoms with Crippen LogP contribution in [-0.4, -0.2) is 35.2 Å². The molecule has 0 unspecified atom stereocenters. The second-order valence-electron chi connectivity index (χ2n) is 2.66. The third-order valence-electron chi connectivity index (χ3n) is 1.58. The Hall–Kier alpha value is -0.800. The van der Waals surface area contributed by atoms with Crippen LogP contribution >= 0.6 is 0 Å². The Bertz CT molecular complexity index is 184. The van der Waals surface area contributed by atoms with Crippen LogP contribution in [0.2, 0.25) is 0 Å². The van der Waals surface area contributed by atoms with Crippen LogP contribution in [0.25, 0.3) is 0 Å². The van der Waals surface area contributed by atoms with Gasteiger partial charge in [0, 0.05) is 25.0 Å². The number of aromatic amines is 1. The maximum Gasteiger partial charge on any atom is 0.0558 e. The topological polar surface area (TPSA) is 39.3 Å². The molecule has 3 heteroatoms. The molecule has 0 fully saturated rings. The predicted molar refractivity (Wildman–Crippen MR) is 44.2 cm³/mol. The summed E-state index contributed by atoms with van der Waals surface area (Å²) in [5, 5.41) is 8.61. The maximum atomic E-state index is 8.61. The third-order valence-corrected chi connectivity index (χ3v) is 1.58. The highest BCUT2D eigenvalue weighted by Gasteiger charge is 1.97. The highest BCUT2D eigenvalue weighted by atomic mass is 16.3. The minimum atomic E-state index is 0.219. The van der Waals surface area contributed by atoms with E-state index in [2.05, 4.69) is 9.88 Å². The Kier molecular flexibility index (Phi) is 3.14. The fraction of sp³-hybridized carbons (Fsp3) is 0.500. The number of rotatable bonds is 4. The Morgan fingerprint density at radius 1 is 1.64 bits per heavy atom. The van der Waals surface area contributed by atoms with Gasteiger partial charge in [-0.15, -0.1) is 0 Å². The Morgan fingerprint density at radius 2 is 2.45 bits per heavy atom. The average Bonchev–Trinajstić information content (AvgIpc) is 2.40. The minimum Gasteiger partial charge on any atom is -0.395 e. The molecule has 0 spiro atoms. The lowest BCUT2D eigenvalue weighted by molar-refractivity contribution is 0.216. The van der Waals surface area contributed by atoms with E-state index in [9.17, 15) is 0 Å². The van der Waals surface area contributed by atoms with Crippen LogP contribution in [0.4, 0.5) is 0 Å². The summed E-state index contributed by atoms with van der Waals surface area (Å²) in [5.41, 5.74) is 1.18. The molecule has 0 saturated carbocycles. The molecule has 11 heavy (non-hydrogen) atoms. The van der Waals surface area contributed by atoms with Gasteiger partial charge in [0.2, 0.25) is 0 Å². The normalized spacial score (nSPS) is 10.8. The fourth-order valence-electron chi connectivity index (χ4n) is 1.01. The van der Waals surface area contributed by atoms with E-state index in [0.717, 1.165) is 13.1 Å². The first kappa shape index (κ1) is 8.30. The third kappa shape index (κ3) is 2.74. The smallest absolute Gasteiger partial charge is 0.0558 e. The molecule has 0 aliphatic carbocycles. The van der Waals surface area contributed by atoms with E-state index in [1.54, 1.807) is 0 Å². The molecule has 0 atom stereocenters. The van der Waals surface area contributed by atoms with Gasteiger partial charge < -0.3 is 10.1 Å². The van der Waals surface area contributed by atoms with Crippen molar-refractivity contribution in [2.24, 2.45) is 0 Å². The molecule has 0 saturated heterocycles. The van der Waals surface area contributed by atoms with Crippen molar-refractivity contribution in [2.45, 2.75) is 6.54 Å². The number of nitrogens with one attached hydrogen (secondary N) is 1. The van der Waals surface area contributed by atoms with Crippen molar-refractivity contribution < 1.29 is 5.11 Å². The number of aliphatic hydroxyl groups excluding tert-OH is 1. The van der Waals surface area contributed by atoms with Crippen LogP contribution < -0.4 is 0 Å². The second kappa shape index (κ2) is 4.16. The molecule has 2 N–H and O–H groups in total.